The first kappa shape index (κ1) is 13.0. The Hall–Kier alpha value is -2.02. The maximum Gasteiger partial charge on any atom is 0.322 e. The normalized spacial score (nSPS) is 28.0. The molecule has 1 saturated carbocycles. The molecule has 20 heavy (non-hydrogen) atoms. The highest BCUT2D eigenvalue weighted by molar-refractivity contribution is 5.91. The van der Waals surface area contributed by atoms with E-state index in [1.54, 1.807) is 24.3 Å². The summed E-state index contributed by atoms with van der Waals surface area (Å²) >= 11 is 0. The van der Waals surface area contributed by atoms with Gasteiger partial charge in [0.2, 0.25) is 0 Å². The van der Waals surface area contributed by atoms with E-state index in [1.807, 2.05) is 4.90 Å². The molecule has 104 valence electrons. The third-order valence-electron chi connectivity index (χ3n) is 4.64. The van der Waals surface area contributed by atoms with Gasteiger partial charge in [0.15, 0.2) is 0 Å². The fraction of sp³-hybridized carbons (Fsp3) is 0.500. The number of amides is 2. The van der Waals surface area contributed by atoms with Crippen LogP contribution in [0.3, 0.4) is 0 Å². The number of nitrogens with one attached hydrogen (secondary N) is 1. The molecule has 2 fully saturated rings. The lowest BCUT2D eigenvalue weighted by Gasteiger charge is -2.26. The van der Waals surface area contributed by atoms with Crippen LogP contribution in [0.1, 0.15) is 38.2 Å². The smallest absolute Gasteiger partial charge is 0.315 e. The van der Waals surface area contributed by atoms with Gasteiger partial charge in [-0.3, -0.25) is 0 Å². The number of nitriles is 1. The number of rotatable bonds is 1. The van der Waals surface area contributed by atoms with E-state index < -0.39 is 0 Å². The van der Waals surface area contributed by atoms with Crippen molar-refractivity contribution in [2.75, 3.05) is 11.9 Å². The number of benzene rings is 1. The first-order valence-electron chi connectivity index (χ1n) is 7.22. The zero-order valence-corrected chi connectivity index (χ0v) is 11.7. The molecule has 2 amide bonds. The average molecular weight is 269 g/mol. The van der Waals surface area contributed by atoms with E-state index in [2.05, 4.69) is 18.3 Å². The highest BCUT2D eigenvalue weighted by atomic mass is 16.2. The number of carbonyl (C=O) groups excluding carboxylic acids is 1. The van der Waals surface area contributed by atoms with Gasteiger partial charge >= 0.3 is 6.03 Å². The van der Waals surface area contributed by atoms with Crippen LogP contribution in [0.4, 0.5) is 10.5 Å². The minimum absolute atomic E-state index is 0.00994. The van der Waals surface area contributed by atoms with Crippen LogP contribution < -0.4 is 5.32 Å². The van der Waals surface area contributed by atoms with E-state index in [0.717, 1.165) is 31.0 Å². The van der Waals surface area contributed by atoms with Crippen LogP contribution in [0.15, 0.2) is 24.3 Å². The average Bonchev–Trinajstić information content (AvgIpc) is 3.18. The van der Waals surface area contributed by atoms with Crippen LogP contribution >= 0.6 is 0 Å². The lowest BCUT2D eigenvalue weighted by molar-refractivity contribution is 0.221. The summed E-state index contributed by atoms with van der Waals surface area (Å²) in [7, 11) is 0. The predicted molar refractivity (Wildman–Crippen MR) is 77.2 cm³/mol. The first-order valence-corrected chi connectivity index (χ1v) is 7.22. The molecule has 1 spiro atoms. The molecule has 0 unspecified atom stereocenters. The van der Waals surface area contributed by atoms with Crippen LogP contribution in [0, 0.1) is 17.2 Å². The van der Waals surface area contributed by atoms with Crippen molar-refractivity contribution in [3.8, 4) is 6.07 Å². The highest BCUT2D eigenvalue weighted by Gasteiger charge is 2.55. The highest BCUT2D eigenvalue weighted by Crippen LogP contribution is 2.46. The maximum atomic E-state index is 12.2. The second-order valence-electron chi connectivity index (χ2n) is 6.11. The molecule has 1 aliphatic carbocycles. The summed E-state index contributed by atoms with van der Waals surface area (Å²) in [4.78, 5) is 14.2. The Labute approximate surface area is 119 Å². The molecule has 1 aromatic rings. The standard InChI is InChI=1S/C16H19N3O/c1-12-6-8-16(9-7-12)11-19(16)15(20)18-14-4-2-13(10-17)3-5-14/h2-5,12H,6-9,11H2,1H3,(H,18,20). The number of carbonyl (C=O) groups is 1. The van der Waals surface area contributed by atoms with Gasteiger partial charge in [0.05, 0.1) is 17.2 Å². The van der Waals surface area contributed by atoms with Gasteiger partial charge in [-0.2, -0.15) is 5.26 Å². The van der Waals surface area contributed by atoms with E-state index in [1.165, 1.54) is 12.8 Å². The third-order valence-corrected chi connectivity index (χ3v) is 4.64. The second kappa shape index (κ2) is 4.82. The SMILES string of the molecule is CC1CCC2(CC1)CN2C(=O)Nc1ccc(C#N)cc1. The Bertz CT molecular complexity index is 550. The maximum absolute atomic E-state index is 12.2. The summed E-state index contributed by atoms with van der Waals surface area (Å²) in [5.41, 5.74) is 1.50. The molecule has 1 N–H and O–H groups in total. The van der Waals surface area contributed by atoms with Crippen molar-refractivity contribution >= 4 is 11.7 Å². The molecule has 4 nitrogen and oxygen atoms in total. The molecule has 1 aromatic carbocycles. The van der Waals surface area contributed by atoms with Crippen LogP contribution in [-0.4, -0.2) is 23.0 Å². The van der Waals surface area contributed by atoms with E-state index >= 15 is 0 Å². The Morgan fingerprint density at radius 2 is 2.00 bits per heavy atom. The van der Waals surface area contributed by atoms with Crippen molar-refractivity contribution in [2.24, 2.45) is 5.92 Å². The monoisotopic (exact) mass is 269 g/mol. The van der Waals surface area contributed by atoms with E-state index in [-0.39, 0.29) is 11.6 Å². The summed E-state index contributed by atoms with van der Waals surface area (Å²) in [6.45, 7) is 3.18. The number of hydrogen-bond acceptors (Lipinski definition) is 2. The van der Waals surface area contributed by atoms with Crippen LogP contribution in [0.25, 0.3) is 0 Å². The molecular formula is C16H19N3O. The fourth-order valence-corrected chi connectivity index (χ4v) is 3.09. The van der Waals surface area contributed by atoms with Gasteiger partial charge in [-0.05, 0) is 55.9 Å². The summed E-state index contributed by atoms with van der Waals surface area (Å²) in [5.74, 6) is 0.796. The minimum atomic E-state index is -0.00994. The first-order chi connectivity index (χ1) is 9.63. The minimum Gasteiger partial charge on any atom is -0.315 e. The molecule has 1 heterocycles. The van der Waals surface area contributed by atoms with Gasteiger partial charge in [-0.1, -0.05) is 6.92 Å². The molecule has 2 aliphatic rings. The topological polar surface area (TPSA) is 55.9 Å². The molecule has 1 saturated heterocycles. The van der Waals surface area contributed by atoms with Gasteiger partial charge in [-0.15, -0.1) is 0 Å². The van der Waals surface area contributed by atoms with Gasteiger partial charge in [0, 0.05) is 12.2 Å². The van der Waals surface area contributed by atoms with Crippen LogP contribution in [-0.2, 0) is 0 Å². The third kappa shape index (κ3) is 2.36. The zero-order valence-electron chi connectivity index (χ0n) is 11.7. The molecule has 0 radical (unpaired) electrons. The molecule has 0 aromatic heterocycles. The largest absolute Gasteiger partial charge is 0.322 e. The second-order valence-corrected chi connectivity index (χ2v) is 6.11. The Balaban J connectivity index is 1.59. The summed E-state index contributed by atoms with van der Waals surface area (Å²) < 4.78 is 0. The predicted octanol–water partition coefficient (Wildman–Crippen LogP) is 3.35. The Kier molecular flexibility index (Phi) is 3.13. The van der Waals surface area contributed by atoms with E-state index in [0.29, 0.717) is 5.56 Å². The molecule has 1 aliphatic heterocycles. The number of anilines is 1. The summed E-state index contributed by atoms with van der Waals surface area (Å²) in [6.07, 6.45) is 4.71. The summed E-state index contributed by atoms with van der Waals surface area (Å²) in [5, 5.41) is 11.7. The molecular weight excluding hydrogens is 250 g/mol. The number of nitrogens with zero attached hydrogens (tertiary/aromatic N) is 2. The zero-order chi connectivity index (χ0) is 14.2. The number of hydrogen-bond donors (Lipinski definition) is 1. The molecule has 0 bridgehead atoms. The molecule has 3 rings (SSSR count). The van der Waals surface area contributed by atoms with Gasteiger partial charge in [0.1, 0.15) is 0 Å². The lowest BCUT2D eigenvalue weighted by Crippen LogP contribution is -2.30. The van der Waals surface area contributed by atoms with Gasteiger partial charge in [0.25, 0.3) is 0 Å². The van der Waals surface area contributed by atoms with Crippen molar-refractivity contribution < 1.29 is 4.79 Å². The van der Waals surface area contributed by atoms with Gasteiger partial charge in [-0.25, -0.2) is 4.79 Å². The molecule has 4 heteroatoms. The summed E-state index contributed by atoms with van der Waals surface area (Å²) in [6, 6.07) is 9.04. The van der Waals surface area contributed by atoms with E-state index in [9.17, 15) is 4.79 Å². The molecule has 0 atom stereocenters. The lowest BCUT2D eigenvalue weighted by atomic mass is 9.82. The van der Waals surface area contributed by atoms with Crippen molar-refractivity contribution in [3.63, 3.8) is 0 Å². The van der Waals surface area contributed by atoms with E-state index in [4.69, 9.17) is 5.26 Å². The number of urea groups is 1. The van der Waals surface area contributed by atoms with Gasteiger partial charge < -0.3 is 10.2 Å². The fourth-order valence-electron chi connectivity index (χ4n) is 3.09. The van der Waals surface area contributed by atoms with Crippen LogP contribution in [0.5, 0.6) is 0 Å². The van der Waals surface area contributed by atoms with Crippen molar-refractivity contribution in [3.05, 3.63) is 29.8 Å². The van der Waals surface area contributed by atoms with Crippen molar-refractivity contribution in [1.29, 1.82) is 5.26 Å². The Morgan fingerprint density at radius 3 is 2.60 bits per heavy atom. The van der Waals surface area contributed by atoms with Crippen LogP contribution in [0.2, 0.25) is 0 Å². The van der Waals surface area contributed by atoms with Crippen molar-refractivity contribution in [2.45, 2.75) is 38.1 Å². The quantitative estimate of drug-likeness (QED) is 0.795. The van der Waals surface area contributed by atoms with Crippen molar-refractivity contribution in [1.82, 2.24) is 4.90 Å². The Morgan fingerprint density at radius 1 is 1.35 bits per heavy atom.